The minimum absolute atomic E-state index is 0.326. The highest BCUT2D eigenvalue weighted by Crippen LogP contribution is 2.36. The van der Waals surface area contributed by atoms with Crippen molar-refractivity contribution in [1.82, 2.24) is 4.98 Å². The molecule has 1 atom stereocenters. The van der Waals surface area contributed by atoms with Crippen LogP contribution >= 0.6 is 11.3 Å². The van der Waals surface area contributed by atoms with Crippen LogP contribution < -0.4 is 4.90 Å². The summed E-state index contributed by atoms with van der Waals surface area (Å²) < 4.78 is 0. The maximum absolute atomic E-state index is 10.0. The minimum atomic E-state index is -0.326. The molecule has 0 radical (unpaired) electrons. The molecule has 19 heavy (non-hydrogen) atoms. The van der Waals surface area contributed by atoms with E-state index in [1.54, 1.807) is 11.3 Å². The summed E-state index contributed by atoms with van der Waals surface area (Å²) in [6.07, 6.45) is 7.62. The topological polar surface area (TPSA) is 36.4 Å². The molecule has 1 N–H and O–H groups in total. The molecular weight excluding hydrogens is 256 g/mol. The number of aryl methyl sites for hydroxylation is 1. The first-order valence-electron chi connectivity index (χ1n) is 7.68. The zero-order valence-electron chi connectivity index (χ0n) is 12.2. The Morgan fingerprint density at radius 3 is 2.53 bits per heavy atom. The number of rotatable bonds is 7. The fourth-order valence-electron chi connectivity index (χ4n) is 2.52. The van der Waals surface area contributed by atoms with Gasteiger partial charge in [-0.2, -0.15) is 0 Å². The van der Waals surface area contributed by atoms with Crippen LogP contribution in [0.5, 0.6) is 0 Å². The molecule has 1 aromatic heterocycles. The Morgan fingerprint density at radius 1 is 1.26 bits per heavy atom. The van der Waals surface area contributed by atoms with Crippen molar-refractivity contribution in [3.8, 4) is 0 Å². The predicted molar refractivity (Wildman–Crippen MR) is 82.0 cm³/mol. The lowest BCUT2D eigenvalue weighted by atomic mass is 10.0. The zero-order chi connectivity index (χ0) is 13.7. The zero-order valence-corrected chi connectivity index (χ0v) is 13.0. The third-order valence-electron chi connectivity index (χ3n) is 3.75. The summed E-state index contributed by atoms with van der Waals surface area (Å²) in [7, 11) is 0. The van der Waals surface area contributed by atoms with E-state index in [0.717, 1.165) is 43.2 Å². The van der Waals surface area contributed by atoms with E-state index in [9.17, 15) is 5.11 Å². The molecule has 0 bridgehead atoms. The van der Waals surface area contributed by atoms with E-state index in [2.05, 4.69) is 18.7 Å². The van der Waals surface area contributed by atoms with Gasteiger partial charge in [0.25, 0.3) is 0 Å². The molecule has 1 aromatic rings. The first kappa shape index (κ1) is 14.8. The molecule has 3 nitrogen and oxygen atoms in total. The normalized spacial score (nSPS) is 18.4. The molecule has 0 saturated carbocycles. The smallest absolute Gasteiger partial charge is 0.185 e. The largest absolute Gasteiger partial charge is 0.387 e. The van der Waals surface area contributed by atoms with Gasteiger partial charge < -0.3 is 10.0 Å². The summed E-state index contributed by atoms with van der Waals surface area (Å²) in [6, 6.07) is 0. The van der Waals surface area contributed by atoms with Crippen molar-refractivity contribution < 1.29 is 5.11 Å². The minimum Gasteiger partial charge on any atom is -0.387 e. The van der Waals surface area contributed by atoms with Gasteiger partial charge >= 0.3 is 0 Å². The summed E-state index contributed by atoms with van der Waals surface area (Å²) in [5.74, 6) is 0. The van der Waals surface area contributed by atoms with Gasteiger partial charge in [0.15, 0.2) is 5.13 Å². The fourth-order valence-corrected chi connectivity index (χ4v) is 3.73. The van der Waals surface area contributed by atoms with Gasteiger partial charge in [0.2, 0.25) is 0 Å². The third kappa shape index (κ3) is 3.69. The SMILES string of the molecule is CCCCN(CCCC)c1nc2c(s1)CCCC2O. The van der Waals surface area contributed by atoms with Crippen molar-refractivity contribution in [3.05, 3.63) is 10.6 Å². The van der Waals surface area contributed by atoms with E-state index >= 15 is 0 Å². The van der Waals surface area contributed by atoms with Gasteiger partial charge in [-0.15, -0.1) is 11.3 Å². The summed E-state index contributed by atoms with van der Waals surface area (Å²) in [5, 5.41) is 11.2. The molecule has 4 heteroatoms. The van der Waals surface area contributed by atoms with Crippen LogP contribution in [0.2, 0.25) is 0 Å². The van der Waals surface area contributed by atoms with Crippen LogP contribution in [0.3, 0.4) is 0 Å². The Bertz CT molecular complexity index is 383. The van der Waals surface area contributed by atoms with Crippen molar-refractivity contribution in [1.29, 1.82) is 0 Å². The lowest BCUT2D eigenvalue weighted by Crippen LogP contribution is -2.25. The molecule has 1 aliphatic carbocycles. The van der Waals surface area contributed by atoms with Gasteiger partial charge in [0.05, 0.1) is 11.8 Å². The Morgan fingerprint density at radius 2 is 1.95 bits per heavy atom. The molecule has 0 saturated heterocycles. The average Bonchev–Trinajstić information content (AvgIpc) is 2.84. The maximum atomic E-state index is 10.0. The molecule has 0 aliphatic heterocycles. The Hall–Kier alpha value is -0.610. The fraction of sp³-hybridized carbons (Fsp3) is 0.800. The summed E-state index contributed by atoms with van der Waals surface area (Å²) >= 11 is 1.80. The second kappa shape index (κ2) is 7.25. The highest BCUT2D eigenvalue weighted by Gasteiger charge is 2.24. The molecule has 1 aliphatic rings. The Balaban J connectivity index is 2.11. The number of thiazole rings is 1. The molecule has 0 aromatic carbocycles. The molecular formula is C15H26N2OS. The average molecular weight is 282 g/mol. The maximum Gasteiger partial charge on any atom is 0.185 e. The predicted octanol–water partition coefficient (Wildman–Crippen LogP) is 3.92. The standard InChI is InChI=1S/C15H26N2OS/c1-3-5-10-17(11-6-4-2)15-16-14-12(18)8-7-9-13(14)19-15/h12,18H,3-11H2,1-2H3. The number of aliphatic hydroxyl groups excluding tert-OH is 1. The molecule has 1 unspecified atom stereocenters. The monoisotopic (exact) mass is 282 g/mol. The number of hydrogen-bond donors (Lipinski definition) is 1. The highest BCUT2D eigenvalue weighted by atomic mass is 32.1. The van der Waals surface area contributed by atoms with Crippen molar-refractivity contribution >= 4 is 16.5 Å². The first-order chi connectivity index (χ1) is 9.26. The number of aliphatic hydroxyl groups is 1. The van der Waals surface area contributed by atoms with E-state index < -0.39 is 0 Å². The quantitative estimate of drug-likeness (QED) is 0.823. The second-order valence-corrected chi connectivity index (χ2v) is 6.47. The van der Waals surface area contributed by atoms with E-state index in [1.807, 2.05) is 0 Å². The van der Waals surface area contributed by atoms with E-state index in [1.165, 1.54) is 30.6 Å². The number of anilines is 1. The Kier molecular flexibility index (Phi) is 5.64. The van der Waals surface area contributed by atoms with Crippen LogP contribution in [0.1, 0.15) is 69.0 Å². The van der Waals surface area contributed by atoms with Crippen molar-refractivity contribution in [2.45, 2.75) is 64.9 Å². The van der Waals surface area contributed by atoms with Crippen molar-refractivity contribution in [3.63, 3.8) is 0 Å². The van der Waals surface area contributed by atoms with E-state index in [0.29, 0.717) is 0 Å². The van der Waals surface area contributed by atoms with Crippen molar-refractivity contribution in [2.24, 2.45) is 0 Å². The number of nitrogens with zero attached hydrogens (tertiary/aromatic N) is 2. The molecule has 0 fully saturated rings. The second-order valence-electron chi connectivity index (χ2n) is 5.41. The summed E-state index contributed by atoms with van der Waals surface area (Å²) in [6.45, 7) is 6.65. The van der Waals surface area contributed by atoms with Gasteiger partial charge in [-0.3, -0.25) is 0 Å². The first-order valence-corrected chi connectivity index (χ1v) is 8.50. The van der Waals surface area contributed by atoms with Gasteiger partial charge in [-0.1, -0.05) is 26.7 Å². The number of fused-ring (bicyclic) bond motifs is 1. The lowest BCUT2D eigenvalue weighted by molar-refractivity contribution is 0.153. The van der Waals surface area contributed by atoms with Crippen LogP contribution in [-0.4, -0.2) is 23.2 Å². The third-order valence-corrected chi connectivity index (χ3v) is 4.94. The number of unbranched alkanes of at least 4 members (excludes halogenated alkanes) is 2. The van der Waals surface area contributed by atoms with Crippen LogP contribution in [-0.2, 0) is 6.42 Å². The summed E-state index contributed by atoms with van der Waals surface area (Å²) in [4.78, 5) is 8.46. The molecule has 1 heterocycles. The molecule has 108 valence electrons. The van der Waals surface area contributed by atoms with E-state index in [4.69, 9.17) is 4.98 Å². The Labute approximate surface area is 120 Å². The number of aromatic nitrogens is 1. The van der Waals surface area contributed by atoms with Crippen LogP contribution in [0.25, 0.3) is 0 Å². The van der Waals surface area contributed by atoms with Gasteiger partial charge in [0, 0.05) is 18.0 Å². The van der Waals surface area contributed by atoms with Crippen LogP contribution in [0.15, 0.2) is 0 Å². The lowest BCUT2D eigenvalue weighted by Gasteiger charge is -2.21. The van der Waals surface area contributed by atoms with Crippen LogP contribution in [0.4, 0.5) is 5.13 Å². The van der Waals surface area contributed by atoms with E-state index in [-0.39, 0.29) is 6.10 Å². The molecule has 0 spiro atoms. The molecule has 0 amide bonds. The van der Waals surface area contributed by atoms with Crippen LogP contribution in [0, 0.1) is 0 Å². The van der Waals surface area contributed by atoms with Gasteiger partial charge in [-0.25, -0.2) is 4.98 Å². The van der Waals surface area contributed by atoms with Crippen molar-refractivity contribution in [2.75, 3.05) is 18.0 Å². The van der Waals surface area contributed by atoms with Gasteiger partial charge in [0.1, 0.15) is 0 Å². The highest BCUT2D eigenvalue weighted by molar-refractivity contribution is 7.15. The molecule has 2 rings (SSSR count). The summed E-state index contributed by atoms with van der Waals surface area (Å²) in [5.41, 5.74) is 0.962. The number of hydrogen-bond acceptors (Lipinski definition) is 4. The van der Waals surface area contributed by atoms with Gasteiger partial charge in [-0.05, 0) is 32.1 Å².